The smallest absolute Gasteiger partial charge is 0.205 e. The third-order valence-electron chi connectivity index (χ3n) is 4.86. The van der Waals surface area contributed by atoms with Crippen LogP contribution in [0.3, 0.4) is 0 Å². The highest BCUT2D eigenvalue weighted by atomic mass is 79.9. The second-order valence-electron chi connectivity index (χ2n) is 6.40. The van der Waals surface area contributed by atoms with Gasteiger partial charge in [-0.1, -0.05) is 34.1 Å². The number of allylic oxidation sites excluding steroid dienone is 1. The van der Waals surface area contributed by atoms with Crippen molar-refractivity contribution in [1.29, 1.82) is 5.26 Å². The fourth-order valence-electron chi connectivity index (χ4n) is 3.65. The molecular weight excluding hydrogens is 378 g/mol. The Hall–Kier alpha value is -2.45. The Labute approximate surface area is 155 Å². The van der Waals surface area contributed by atoms with Gasteiger partial charge in [0.15, 0.2) is 0 Å². The van der Waals surface area contributed by atoms with Gasteiger partial charge in [0.25, 0.3) is 0 Å². The van der Waals surface area contributed by atoms with Gasteiger partial charge in [-0.15, -0.1) is 0 Å². The van der Waals surface area contributed by atoms with Gasteiger partial charge in [0.2, 0.25) is 5.88 Å². The zero-order chi connectivity index (χ0) is 17.4. The lowest BCUT2D eigenvalue weighted by atomic mass is 9.83. The standard InChI is InChI=1S/C20H18BrN3O/c21-14-5-3-4-13(10-14)19-16-7-6-15(24-8-1-2-9-24)11-18(16)25-20(23)17(19)12-22/h3-7,10-11,19H,1-2,8-9,23H2. The topological polar surface area (TPSA) is 62.3 Å². The summed E-state index contributed by atoms with van der Waals surface area (Å²) in [6, 6.07) is 16.5. The third-order valence-corrected chi connectivity index (χ3v) is 5.35. The van der Waals surface area contributed by atoms with Gasteiger partial charge in [-0.2, -0.15) is 5.26 Å². The largest absolute Gasteiger partial charge is 0.440 e. The lowest BCUT2D eigenvalue weighted by Gasteiger charge is -2.28. The van der Waals surface area contributed by atoms with Crippen LogP contribution in [0.15, 0.2) is 58.4 Å². The summed E-state index contributed by atoms with van der Waals surface area (Å²) in [4.78, 5) is 2.36. The van der Waals surface area contributed by atoms with Crippen LogP contribution in [-0.2, 0) is 0 Å². The Morgan fingerprint density at radius 3 is 2.68 bits per heavy atom. The van der Waals surface area contributed by atoms with E-state index in [9.17, 15) is 5.26 Å². The summed E-state index contributed by atoms with van der Waals surface area (Å²) in [5.41, 5.74) is 9.69. The molecule has 1 fully saturated rings. The van der Waals surface area contributed by atoms with Crippen LogP contribution in [0.25, 0.3) is 0 Å². The van der Waals surface area contributed by atoms with Crippen molar-refractivity contribution in [3.8, 4) is 11.8 Å². The van der Waals surface area contributed by atoms with Gasteiger partial charge in [-0.3, -0.25) is 0 Å². The van der Waals surface area contributed by atoms with Gasteiger partial charge < -0.3 is 15.4 Å². The zero-order valence-electron chi connectivity index (χ0n) is 13.7. The summed E-state index contributed by atoms with van der Waals surface area (Å²) >= 11 is 3.51. The van der Waals surface area contributed by atoms with Crippen LogP contribution in [0.4, 0.5) is 5.69 Å². The van der Waals surface area contributed by atoms with Gasteiger partial charge >= 0.3 is 0 Å². The van der Waals surface area contributed by atoms with Crippen molar-refractivity contribution in [2.45, 2.75) is 18.8 Å². The van der Waals surface area contributed by atoms with E-state index in [0.29, 0.717) is 5.57 Å². The molecule has 2 aromatic rings. The van der Waals surface area contributed by atoms with Crippen LogP contribution >= 0.6 is 15.9 Å². The Morgan fingerprint density at radius 1 is 1.16 bits per heavy atom. The minimum atomic E-state index is -0.209. The first kappa shape index (κ1) is 16.0. The first-order chi connectivity index (χ1) is 12.2. The quantitative estimate of drug-likeness (QED) is 0.824. The predicted octanol–water partition coefficient (Wildman–Crippen LogP) is 4.27. The molecule has 0 spiro atoms. The Kier molecular flexibility index (Phi) is 4.14. The highest BCUT2D eigenvalue weighted by molar-refractivity contribution is 9.10. The fraction of sp³-hybridized carbons (Fsp3) is 0.250. The van der Waals surface area contributed by atoms with Gasteiger partial charge in [0, 0.05) is 34.9 Å². The summed E-state index contributed by atoms with van der Waals surface area (Å²) in [5, 5.41) is 9.63. The molecule has 2 aliphatic rings. The van der Waals surface area contributed by atoms with E-state index in [1.54, 1.807) is 0 Å². The van der Waals surface area contributed by atoms with Crippen LogP contribution in [0.1, 0.15) is 29.9 Å². The summed E-state index contributed by atoms with van der Waals surface area (Å²) in [6.45, 7) is 2.14. The van der Waals surface area contributed by atoms with Gasteiger partial charge in [0.1, 0.15) is 17.4 Å². The molecule has 1 saturated heterocycles. The van der Waals surface area contributed by atoms with E-state index in [0.717, 1.165) is 40.1 Å². The van der Waals surface area contributed by atoms with Crippen molar-refractivity contribution >= 4 is 21.6 Å². The molecular formula is C20H18BrN3O. The zero-order valence-corrected chi connectivity index (χ0v) is 15.3. The summed E-state index contributed by atoms with van der Waals surface area (Å²) < 4.78 is 6.79. The molecule has 2 N–H and O–H groups in total. The van der Waals surface area contributed by atoms with Crippen molar-refractivity contribution in [3.63, 3.8) is 0 Å². The molecule has 0 amide bonds. The lowest BCUT2D eigenvalue weighted by Crippen LogP contribution is -2.22. The molecule has 0 saturated carbocycles. The van der Waals surface area contributed by atoms with E-state index in [1.165, 1.54) is 12.8 Å². The molecule has 2 heterocycles. The van der Waals surface area contributed by atoms with Crippen LogP contribution in [0.2, 0.25) is 0 Å². The number of rotatable bonds is 2. The number of nitrogens with zero attached hydrogens (tertiary/aromatic N) is 2. The Balaban J connectivity index is 1.82. The third kappa shape index (κ3) is 2.87. The van der Waals surface area contributed by atoms with Crippen LogP contribution in [0, 0.1) is 11.3 Å². The van der Waals surface area contributed by atoms with E-state index in [2.05, 4.69) is 39.0 Å². The van der Waals surface area contributed by atoms with Crippen molar-refractivity contribution < 1.29 is 4.74 Å². The van der Waals surface area contributed by atoms with Crippen LogP contribution in [-0.4, -0.2) is 13.1 Å². The highest BCUT2D eigenvalue weighted by Crippen LogP contribution is 2.44. The number of fused-ring (bicyclic) bond motifs is 1. The molecule has 1 unspecified atom stereocenters. The molecule has 0 aromatic heterocycles. The molecule has 0 radical (unpaired) electrons. The lowest BCUT2D eigenvalue weighted by molar-refractivity contribution is 0.393. The summed E-state index contributed by atoms with van der Waals surface area (Å²) in [5.74, 6) is 0.725. The maximum absolute atomic E-state index is 9.63. The second-order valence-corrected chi connectivity index (χ2v) is 7.31. The number of hydrogen-bond donors (Lipinski definition) is 1. The first-order valence-corrected chi connectivity index (χ1v) is 9.18. The average Bonchev–Trinajstić information content (AvgIpc) is 3.14. The number of ether oxygens (including phenoxy) is 1. The Morgan fingerprint density at radius 2 is 1.96 bits per heavy atom. The fourth-order valence-corrected chi connectivity index (χ4v) is 4.06. The molecule has 4 nitrogen and oxygen atoms in total. The summed E-state index contributed by atoms with van der Waals surface area (Å²) in [6.07, 6.45) is 2.44. The normalized spacial score (nSPS) is 19.4. The van der Waals surface area contributed by atoms with E-state index < -0.39 is 0 Å². The number of hydrogen-bond acceptors (Lipinski definition) is 4. The number of benzene rings is 2. The van der Waals surface area contributed by atoms with Gasteiger partial charge in [-0.05, 0) is 36.6 Å². The van der Waals surface area contributed by atoms with Gasteiger partial charge in [0.05, 0.1) is 5.92 Å². The maximum Gasteiger partial charge on any atom is 0.205 e. The maximum atomic E-state index is 9.63. The van der Waals surface area contributed by atoms with Gasteiger partial charge in [-0.25, -0.2) is 0 Å². The van der Waals surface area contributed by atoms with Crippen molar-refractivity contribution in [2.75, 3.05) is 18.0 Å². The van der Waals surface area contributed by atoms with Crippen molar-refractivity contribution in [3.05, 3.63) is 69.5 Å². The van der Waals surface area contributed by atoms with Crippen molar-refractivity contribution in [1.82, 2.24) is 0 Å². The first-order valence-electron chi connectivity index (χ1n) is 8.39. The molecule has 126 valence electrons. The minimum absolute atomic E-state index is 0.193. The second kappa shape index (κ2) is 6.45. The average molecular weight is 396 g/mol. The molecule has 2 aromatic carbocycles. The number of nitrogens with two attached hydrogens (primary N) is 1. The number of anilines is 1. The number of nitriles is 1. The molecule has 0 aliphatic carbocycles. The van der Waals surface area contributed by atoms with Crippen LogP contribution < -0.4 is 15.4 Å². The van der Waals surface area contributed by atoms with E-state index in [-0.39, 0.29) is 11.8 Å². The predicted molar refractivity (Wildman–Crippen MR) is 101 cm³/mol. The van der Waals surface area contributed by atoms with E-state index in [1.807, 2.05) is 30.3 Å². The molecule has 0 bridgehead atoms. The van der Waals surface area contributed by atoms with E-state index >= 15 is 0 Å². The van der Waals surface area contributed by atoms with E-state index in [4.69, 9.17) is 10.5 Å². The Bertz CT molecular complexity index is 894. The minimum Gasteiger partial charge on any atom is -0.440 e. The van der Waals surface area contributed by atoms with Crippen LogP contribution in [0.5, 0.6) is 5.75 Å². The van der Waals surface area contributed by atoms with Crippen molar-refractivity contribution in [2.24, 2.45) is 5.73 Å². The SMILES string of the molecule is N#CC1=C(N)Oc2cc(N3CCCC3)ccc2C1c1cccc(Br)c1. The number of halogens is 1. The molecule has 4 rings (SSSR count). The summed E-state index contributed by atoms with van der Waals surface area (Å²) in [7, 11) is 0. The monoisotopic (exact) mass is 395 g/mol. The molecule has 1 atom stereocenters. The molecule has 2 aliphatic heterocycles. The molecule has 5 heteroatoms. The molecule has 25 heavy (non-hydrogen) atoms. The highest BCUT2D eigenvalue weighted by Gasteiger charge is 2.31.